The number of amides is 2. The van der Waals surface area contributed by atoms with Crippen LogP contribution in [0.1, 0.15) is 15.9 Å². The second-order valence-electron chi connectivity index (χ2n) is 5.60. The van der Waals surface area contributed by atoms with Gasteiger partial charge in [0.15, 0.2) is 0 Å². The molecule has 1 aliphatic rings. The van der Waals surface area contributed by atoms with E-state index in [2.05, 4.69) is 17.2 Å². The minimum absolute atomic E-state index is 0.0989. The van der Waals surface area contributed by atoms with Crippen molar-refractivity contribution < 1.29 is 19.2 Å². The third-order valence-corrected chi connectivity index (χ3v) is 3.83. The third kappa shape index (κ3) is 4.41. The summed E-state index contributed by atoms with van der Waals surface area (Å²) in [5.74, 6) is 5.28. The topological polar surface area (TPSA) is 102 Å². The zero-order valence-corrected chi connectivity index (χ0v) is 14.2. The minimum atomic E-state index is -0.553. The molecule has 0 bridgehead atoms. The number of hydrogen-bond acceptors (Lipinski definition) is 5. The van der Waals surface area contributed by atoms with Crippen LogP contribution in [0.25, 0.3) is 0 Å². The standard InChI is InChI=1S/C19H15N3O5/c23-18(15-4-1-5-17(13-15)22(25)26)20-10-2-3-14-6-8-16(9-7-14)21-11-12-27-19(21)24/h1,4-9,13H,10-12H2,(H,20,23). The van der Waals surface area contributed by atoms with Gasteiger partial charge in [-0.3, -0.25) is 19.8 Å². The molecule has 2 aromatic carbocycles. The van der Waals surface area contributed by atoms with Gasteiger partial charge in [0, 0.05) is 28.9 Å². The van der Waals surface area contributed by atoms with Crippen LogP contribution < -0.4 is 10.2 Å². The maximum atomic E-state index is 12.0. The van der Waals surface area contributed by atoms with E-state index in [9.17, 15) is 19.7 Å². The van der Waals surface area contributed by atoms with Crippen molar-refractivity contribution in [3.05, 3.63) is 69.8 Å². The fraction of sp³-hybridized carbons (Fsp3) is 0.158. The van der Waals surface area contributed by atoms with Crippen molar-refractivity contribution in [1.29, 1.82) is 0 Å². The molecule has 0 saturated carbocycles. The Balaban J connectivity index is 1.56. The van der Waals surface area contributed by atoms with Gasteiger partial charge in [-0.15, -0.1) is 0 Å². The Morgan fingerprint density at radius 1 is 1.26 bits per heavy atom. The van der Waals surface area contributed by atoms with Gasteiger partial charge in [-0.2, -0.15) is 0 Å². The number of non-ortho nitro benzene ring substituents is 1. The first kappa shape index (κ1) is 17.9. The molecule has 1 heterocycles. The summed E-state index contributed by atoms with van der Waals surface area (Å²) in [4.78, 5) is 35.2. The summed E-state index contributed by atoms with van der Waals surface area (Å²) in [6.07, 6.45) is -0.363. The first-order valence-electron chi connectivity index (χ1n) is 8.10. The predicted octanol–water partition coefficient (Wildman–Crippen LogP) is 2.33. The van der Waals surface area contributed by atoms with Crippen LogP contribution in [-0.2, 0) is 4.74 Å². The molecular formula is C19H15N3O5. The largest absolute Gasteiger partial charge is 0.447 e. The monoisotopic (exact) mass is 365 g/mol. The summed E-state index contributed by atoms with van der Waals surface area (Å²) in [5, 5.41) is 13.3. The fourth-order valence-electron chi connectivity index (χ4n) is 2.49. The van der Waals surface area contributed by atoms with Gasteiger partial charge in [-0.05, 0) is 30.3 Å². The summed E-state index contributed by atoms with van der Waals surface area (Å²) in [5.41, 5.74) is 1.53. The third-order valence-electron chi connectivity index (χ3n) is 3.83. The first-order chi connectivity index (χ1) is 13.0. The molecule has 1 saturated heterocycles. The molecule has 1 aliphatic heterocycles. The second-order valence-corrected chi connectivity index (χ2v) is 5.60. The van der Waals surface area contributed by atoms with Gasteiger partial charge >= 0.3 is 6.09 Å². The van der Waals surface area contributed by atoms with E-state index in [1.807, 2.05) is 0 Å². The van der Waals surface area contributed by atoms with Crippen molar-refractivity contribution in [2.45, 2.75) is 0 Å². The Morgan fingerprint density at radius 2 is 2.04 bits per heavy atom. The van der Waals surface area contributed by atoms with Gasteiger partial charge in [-0.25, -0.2) is 4.79 Å². The van der Waals surface area contributed by atoms with Crippen LogP contribution in [0.2, 0.25) is 0 Å². The maximum Gasteiger partial charge on any atom is 0.414 e. The molecule has 136 valence electrons. The zero-order valence-electron chi connectivity index (χ0n) is 14.2. The molecule has 1 N–H and O–H groups in total. The predicted molar refractivity (Wildman–Crippen MR) is 97.4 cm³/mol. The molecule has 0 atom stereocenters. The number of hydrogen-bond donors (Lipinski definition) is 1. The highest BCUT2D eigenvalue weighted by atomic mass is 16.6. The van der Waals surface area contributed by atoms with Crippen molar-refractivity contribution in [3.63, 3.8) is 0 Å². The molecule has 2 amide bonds. The van der Waals surface area contributed by atoms with Crippen LogP contribution in [0.15, 0.2) is 48.5 Å². The number of nitro groups is 1. The Morgan fingerprint density at radius 3 is 2.70 bits per heavy atom. The number of carbonyl (C=O) groups excluding carboxylic acids is 2. The highest BCUT2D eigenvalue weighted by Gasteiger charge is 2.23. The molecule has 1 fully saturated rings. The Hall–Kier alpha value is -3.86. The quantitative estimate of drug-likeness (QED) is 0.509. The molecule has 3 rings (SSSR count). The van der Waals surface area contributed by atoms with Crippen LogP contribution in [0.5, 0.6) is 0 Å². The van der Waals surface area contributed by atoms with E-state index in [1.54, 1.807) is 24.3 Å². The fourth-order valence-corrected chi connectivity index (χ4v) is 2.49. The van der Waals surface area contributed by atoms with Gasteiger partial charge in [0.05, 0.1) is 18.0 Å². The summed E-state index contributed by atoms with van der Waals surface area (Å²) in [6.45, 7) is 1.000. The Labute approximate surface area is 154 Å². The molecule has 0 unspecified atom stereocenters. The van der Waals surface area contributed by atoms with Crippen LogP contribution >= 0.6 is 0 Å². The van der Waals surface area contributed by atoms with Gasteiger partial charge in [0.25, 0.3) is 11.6 Å². The number of ether oxygens (including phenoxy) is 1. The molecule has 8 heteroatoms. The molecule has 0 aliphatic carbocycles. The summed E-state index contributed by atoms with van der Waals surface area (Å²) >= 11 is 0. The number of anilines is 1. The first-order valence-corrected chi connectivity index (χ1v) is 8.10. The molecule has 0 radical (unpaired) electrons. The molecule has 2 aromatic rings. The molecule has 27 heavy (non-hydrogen) atoms. The number of carbonyl (C=O) groups is 2. The molecule has 0 aromatic heterocycles. The van der Waals surface area contributed by atoms with Gasteiger partial charge in [-0.1, -0.05) is 17.9 Å². The summed E-state index contributed by atoms with van der Waals surface area (Å²) < 4.78 is 4.89. The van der Waals surface area contributed by atoms with Crippen LogP contribution in [0.4, 0.5) is 16.2 Å². The normalized spacial score (nSPS) is 12.7. The van der Waals surface area contributed by atoms with Crippen molar-refractivity contribution in [2.75, 3.05) is 24.6 Å². The summed E-state index contributed by atoms with van der Waals surface area (Å²) in [7, 11) is 0. The highest BCUT2D eigenvalue weighted by molar-refractivity contribution is 5.95. The lowest BCUT2D eigenvalue weighted by atomic mass is 10.2. The van der Waals surface area contributed by atoms with Crippen molar-refractivity contribution in [2.24, 2.45) is 0 Å². The lowest BCUT2D eigenvalue weighted by Gasteiger charge is -2.11. The summed E-state index contributed by atoms with van der Waals surface area (Å²) in [6, 6.07) is 12.6. The van der Waals surface area contributed by atoms with Crippen LogP contribution in [-0.4, -0.2) is 36.6 Å². The van der Waals surface area contributed by atoms with Gasteiger partial charge in [0.2, 0.25) is 0 Å². The van der Waals surface area contributed by atoms with Crippen molar-refractivity contribution in [1.82, 2.24) is 5.32 Å². The van der Waals surface area contributed by atoms with Crippen molar-refractivity contribution in [3.8, 4) is 11.8 Å². The van der Waals surface area contributed by atoms with Crippen LogP contribution in [0, 0.1) is 22.0 Å². The number of rotatable bonds is 4. The lowest BCUT2D eigenvalue weighted by molar-refractivity contribution is -0.384. The average Bonchev–Trinajstić information content (AvgIpc) is 3.11. The maximum absolute atomic E-state index is 12.0. The molecular weight excluding hydrogens is 350 g/mol. The second kappa shape index (κ2) is 8.01. The number of nitro benzene ring substituents is 1. The Bertz CT molecular complexity index is 944. The van der Waals surface area contributed by atoms with E-state index in [4.69, 9.17) is 4.74 Å². The van der Waals surface area contributed by atoms with Crippen LogP contribution in [0.3, 0.4) is 0 Å². The number of nitrogens with zero attached hydrogens (tertiary/aromatic N) is 2. The molecule has 0 spiro atoms. The van der Waals surface area contributed by atoms with E-state index >= 15 is 0 Å². The minimum Gasteiger partial charge on any atom is -0.447 e. The number of nitrogens with one attached hydrogen (secondary N) is 1. The van der Waals surface area contributed by atoms with Gasteiger partial charge in [0.1, 0.15) is 6.61 Å². The average molecular weight is 365 g/mol. The highest BCUT2D eigenvalue weighted by Crippen LogP contribution is 2.18. The van der Waals surface area contributed by atoms with E-state index in [1.165, 1.54) is 29.2 Å². The number of benzene rings is 2. The van der Waals surface area contributed by atoms with E-state index < -0.39 is 10.8 Å². The number of cyclic esters (lactones) is 1. The molecule has 8 nitrogen and oxygen atoms in total. The van der Waals surface area contributed by atoms with Gasteiger partial charge < -0.3 is 10.1 Å². The Kier molecular flexibility index (Phi) is 5.33. The lowest BCUT2D eigenvalue weighted by Crippen LogP contribution is -2.23. The SMILES string of the molecule is O=C(NCC#Cc1ccc(N2CCOC2=O)cc1)c1cccc([N+](=O)[O-])c1. The zero-order chi connectivity index (χ0) is 19.2. The van der Waals surface area contributed by atoms with Crippen molar-refractivity contribution >= 4 is 23.4 Å². The smallest absolute Gasteiger partial charge is 0.414 e. The van der Waals surface area contributed by atoms with E-state index in [0.29, 0.717) is 13.2 Å². The van der Waals surface area contributed by atoms with E-state index in [0.717, 1.165) is 11.3 Å². The van der Waals surface area contributed by atoms with E-state index in [-0.39, 0.29) is 23.9 Å².